The first kappa shape index (κ1) is 20.0. The van der Waals surface area contributed by atoms with Gasteiger partial charge in [-0.2, -0.15) is 0 Å². The van der Waals surface area contributed by atoms with Crippen molar-refractivity contribution >= 4 is 24.0 Å². The Morgan fingerprint density at radius 2 is 1.70 bits per heavy atom. The van der Waals surface area contributed by atoms with Gasteiger partial charge in [0.05, 0.1) is 11.3 Å². The Kier molecular flexibility index (Phi) is 8.71. The number of furan rings is 1. The Hall–Kier alpha value is -1.000. The van der Waals surface area contributed by atoms with Crippen LogP contribution in [0.2, 0.25) is 5.02 Å². The van der Waals surface area contributed by atoms with Crippen molar-refractivity contribution in [1.82, 2.24) is 9.80 Å². The van der Waals surface area contributed by atoms with Crippen LogP contribution >= 0.6 is 24.0 Å². The molecule has 0 aliphatic rings. The van der Waals surface area contributed by atoms with E-state index < -0.39 is 0 Å². The summed E-state index contributed by atoms with van der Waals surface area (Å²) < 4.78 is 5.68. The van der Waals surface area contributed by atoms with Crippen molar-refractivity contribution in [3.05, 3.63) is 47.2 Å². The van der Waals surface area contributed by atoms with Gasteiger partial charge in [0.2, 0.25) is 0 Å². The van der Waals surface area contributed by atoms with Gasteiger partial charge in [0.25, 0.3) is 0 Å². The molecule has 1 aromatic carbocycles. The smallest absolute Gasteiger partial charge is 0.152 e. The molecule has 0 amide bonds. The Morgan fingerprint density at radius 3 is 2.30 bits per heavy atom. The standard InChI is InChI=1S/C18H25ClN2O.ClH/c1-4-21(5-2)12-11-20(3)13-16-14-22-18(17(16)19)15-9-7-6-8-10-15;/h6-10,14H,4-5,11-13H2,1-3H3;1H. The molecule has 0 spiro atoms. The van der Waals surface area contributed by atoms with Gasteiger partial charge in [0, 0.05) is 30.8 Å². The van der Waals surface area contributed by atoms with E-state index >= 15 is 0 Å². The van der Waals surface area contributed by atoms with E-state index in [1.807, 2.05) is 30.3 Å². The lowest BCUT2D eigenvalue weighted by molar-refractivity contribution is 0.236. The van der Waals surface area contributed by atoms with Gasteiger partial charge in [-0.1, -0.05) is 55.8 Å². The molecule has 2 aromatic rings. The third-order valence-corrected chi connectivity index (χ3v) is 4.38. The van der Waals surface area contributed by atoms with E-state index in [4.69, 9.17) is 16.0 Å². The average molecular weight is 357 g/mol. The van der Waals surface area contributed by atoms with Gasteiger partial charge in [-0.3, -0.25) is 0 Å². The van der Waals surface area contributed by atoms with Gasteiger partial charge in [0.15, 0.2) is 5.76 Å². The maximum Gasteiger partial charge on any atom is 0.152 e. The molecule has 128 valence electrons. The van der Waals surface area contributed by atoms with Gasteiger partial charge in [-0.05, 0) is 20.1 Å². The maximum atomic E-state index is 6.49. The zero-order chi connectivity index (χ0) is 15.9. The average Bonchev–Trinajstić information content (AvgIpc) is 2.90. The van der Waals surface area contributed by atoms with Crippen molar-refractivity contribution in [3.63, 3.8) is 0 Å². The summed E-state index contributed by atoms with van der Waals surface area (Å²) in [7, 11) is 2.12. The number of nitrogens with zero attached hydrogens (tertiary/aromatic N) is 2. The quantitative estimate of drug-likeness (QED) is 0.677. The minimum Gasteiger partial charge on any atom is -0.462 e. The fourth-order valence-electron chi connectivity index (χ4n) is 2.49. The molecule has 0 aliphatic heterocycles. The highest BCUT2D eigenvalue weighted by Crippen LogP contribution is 2.32. The van der Waals surface area contributed by atoms with Crippen molar-refractivity contribution in [2.24, 2.45) is 0 Å². The third kappa shape index (κ3) is 5.54. The van der Waals surface area contributed by atoms with Crippen molar-refractivity contribution in [2.45, 2.75) is 20.4 Å². The molecule has 5 heteroatoms. The highest BCUT2D eigenvalue weighted by Gasteiger charge is 2.15. The number of halogens is 2. The van der Waals surface area contributed by atoms with E-state index in [-0.39, 0.29) is 12.4 Å². The Labute approximate surface area is 150 Å². The van der Waals surface area contributed by atoms with Crippen LogP contribution in [0.5, 0.6) is 0 Å². The minimum absolute atomic E-state index is 0. The van der Waals surface area contributed by atoms with Crippen LogP contribution in [0, 0.1) is 0 Å². The molecule has 1 heterocycles. The number of hydrogen-bond donors (Lipinski definition) is 0. The van der Waals surface area contributed by atoms with E-state index in [2.05, 4.69) is 30.7 Å². The molecule has 0 saturated carbocycles. The summed E-state index contributed by atoms with van der Waals surface area (Å²) in [6, 6.07) is 9.99. The van der Waals surface area contributed by atoms with Gasteiger partial charge in [0.1, 0.15) is 0 Å². The summed E-state index contributed by atoms with van der Waals surface area (Å²) in [5.41, 5.74) is 2.06. The molecular weight excluding hydrogens is 331 g/mol. The topological polar surface area (TPSA) is 19.6 Å². The van der Waals surface area contributed by atoms with E-state index in [0.29, 0.717) is 0 Å². The molecule has 0 bridgehead atoms. The Morgan fingerprint density at radius 1 is 1.04 bits per heavy atom. The number of benzene rings is 1. The lowest BCUT2D eigenvalue weighted by Crippen LogP contribution is -2.32. The summed E-state index contributed by atoms with van der Waals surface area (Å²) in [6.45, 7) is 9.47. The molecule has 1 aromatic heterocycles. The van der Waals surface area contributed by atoms with Crippen LogP contribution in [0.1, 0.15) is 19.4 Å². The third-order valence-electron chi connectivity index (χ3n) is 3.97. The molecule has 0 saturated heterocycles. The van der Waals surface area contributed by atoms with Crippen LogP contribution in [0.3, 0.4) is 0 Å². The van der Waals surface area contributed by atoms with Crippen molar-refractivity contribution in [3.8, 4) is 11.3 Å². The fraction of sp³-hybridized carbons (Fsp3) is 0.444. The second kappa shape index (κ2) is 9.99. The highest BCUT2D eigenvalue weighted by molar-refractivity contribution is 6.33. The van der Waals surface area contributed by atoms with E-state index in [1.54, 1.807) is 6.26 Å². The van der Waals surface area contributed by atoms with Crippen molar-refractivity contribution in [2.75, 3.05) is 33.2 Å². The monoisotopic (exact) mass is 356 g/mol. The fourth-order valence-corrected chi connectivity index (χ4v) is 2.75. The van der Waals surface area contributed by atoms with Gasteiger partial charge >= 0.3 is 0 Å². The molecule has 0 aliphatic carbocycles. The summed E-state index contributed by atoms with van der Waals surface area (Å²) in [5.74, 6) is 0.759. The number of rotatable bonds is 8. The summed E-state index contributed by atoms with van der Waals surface area (Å²) in [4.78, 5) is 4.70. The Bertz CT molecular complexity index is 568. The van der Waals surface area contributed by atoms with Crippen LogP contribution in [-0.4, -0.2) is 43.0 Å². The molecule has 0 atom stereocenters. The van der Waals surface area contributed by atoms with E-state index in [1.165, 1.54) is 0 Å². The molecule has 0 fully saturated rings. The molecule has 3 nitrogen and oxygen atoms in total. The summed E-state index contributed by atoms with van der Waals surface area (Å²) >= 11 is 6.49. The number of likely N-dealkylation sites (N-methyl/N-ethyl adjacent to an activating group) is 2. The zero-order valence-corrected chi connectivity index (χ0v) is 15.7. The lowest BCUT2D eigenvalue weighted by Gasteiger charge is -2.22. The predicted molar refractivity (Wildman–Crippen MR) is 101 cm³/mol. The van der Waals surface area contributed by atoms with Gasteiger partial charge in [-0.25, -0.2) is 0 Å². The maximum absolute atomic E-state index is 6.49. The largest absolute Gasteiger partial charge is 0.462 e. The van der Waals surface area contributed by atoms with Crippen LogP contribution in [0.4, 0.5) is 0 Å². The minimum atomic E-state index is 0. The molecule has 0 unspecified atom stereocenters. The van der Waals surface area contributed by atoms with Crippen molar-refractivity contribution < 1.29 is 4.42 Å². The zero-order valence-electron chi connectivity index (χ0n) is 14.1. The summed E-state index contributed by atoms with van der Waals surface area (Å²) in [6.07, 6.45) is 1.78. The predicted octanol–water partition coefficient (Wildman–Crippen LogP) is 4.80. The molecule has 0 radical (unpaired) electrons. The van der Waals surface area contributed by atoms with Gasteiger partial charge < -0.3 is 14.2 Å². The van der Waals surface area contributed by atoms with E-state index in [0.717, 1.165) is 54.6 Å². The van der Waals surface area contributed by atoms with Gasteiger partial charge in [-0.15, -0.1) is 12.4 Å². The lowest BCUT2D eigenvalue weighted by atomic mass is 10.1. The van der Waals surface area contributed by atoms with Crippen LogP contribution < -0.4 is 0 Å². The van der Waals surface area contributed by atoms with E-state index in [9.17, 15) is 0 Å². The first-order valence-electron chi connectivity index (χ1n) is 7.87. The first-order chi connectivity index (χ1) is 10.7. The van der Waals surface area contributed by atoms with Crippen molar-refractivity contribution in [1.29, 1.82) is 0 Å². The molecular formula is C18H26Cl2N2O. The SMILES string of the molecule is CCN(CC)CCN(C)Cc1coc(-c2ccccc2)c1Cl.Cl. The second-order valence-electron chi connectivity index (χ2n) is 5.53. The summed E-state index contributed by atoms with van der Waals surface area (Å²) in [5, 5.41) is 0.723. The second-order valence-corrected chi connectivity index (χ2v) is 5.91. The van der Waals surface area contributed by atoms with Crippen LogP contribution in [0.25, 0.3) is 11.3 Å². The molecule has 23 heavy (non-hydrogen) atoms. The van der Waals surface area contributed by atoms with Crippen LogP contribution in [0.15, 0.2) is 41.0 Å². The highest BCUT2D eigenvalue weighted by atomic mass is 35.5. The first-order valence-corrected chi connectivity index (χ1v) is 8.25. The normalized spacial score (nSPS) is 11.0. The number of hydrogen-bond acceptors (Lipinski definition) is 3. The Balaban J connectivity index is 0.00000264. The molecule has 2 rings (SSSR count). The molecule has 0 N–H and O–H groups in total. The van der Waals surface area contributed by atoms with Crippen LogP contribution in [-0.2, 0) is 6.54 Å².